The van der Waals surface area contributed by atoms with Crippen LogP contribution < -0.4 is 5.32 Å². The minimum absolute atomic E-state index is 0.0556. The molecule has 0 aliphatic carbocycles. The Kier molecular flexibility index (Phi) is 3.14. The quantitative estimate of drug-likeness (QED) is 0.599. The molecule has 0 unspecified atom stereocenters. The Morgan fingerprint density at radius 2 is 2.00 bits per heavy atom. The molecule has 0 heterocycles. The van der Waals surface area contributed by atoms with Crippen LogP contribution in [-0.2, 0) is 9.84 Å². The first-order valence-corrected chi connectivity index (χ1v) is 4.87. The summed E-state index contributed by atoms with van der Waals surface area (Å²) in [4.78, 5) is 0. The molecule has 0 aliphatic heterocycles. The van der Waals surface area contributed by atoms with Gasteiger partial charge in [0.05, 0.1) is 5.75 Å². The van der Waals surface area contributed by atoms with Crippen molar-refractivity contribution in [1.29, 1.82) is 0 Å². The summed E-state index contributed by atoms with van der Waals surface area (Å²) in [6.45, 7) is 1.83. The maximum absolute atomic E-state index is 10.6. The van der Waals surface area contributed by atoms with Crippen molar-refractivity contribution in [2.24, 2.45) is 0 Å². The van der Waals surface area contributed by atoms with Crippen LogP contribution in [-0.4, -0.2) is 33.5 Å². The molecule has 0 aliphatic rings. The maximum Gasteiger partial charge on any atom is 0.148 e. The molecule has 0 radical (unpaired) electrons. The predicted octanol–water partition coefficient (Wildman–Crippen LogP) is -0.361. The van der Waals surface area contributed by atoms with E-state index in [9.17, 15) is 8.42 Å². The molecule has 0 aromatic carbocycles. The zero-order chi connectivity index (χ0) is 7.49. The lowest BCUT2D eigenvalue weighted by Gasteiger charge is -2.06. The van der Waals surface area contributed by atoms with Gasteiger partial charge in [-0.1, -0.05) is 0 Å². The van der Waals surface area contributed by atoms with Gasteiger partial charge in [0, 0.05) is 12.3 Å². The first-order chi connectivity index (χ1) is 3.95. The molecule has 9 heavy (non-hydrogen) atoms. The standard InChI is InChI=1S/C5H13NO2S/c1-5(6-2)4-9(3,7)8/h5-6H,4H2,1-3H3/t5-/m1/s1. The fourth-order valence-electron chi connectivity index (χ4n) is 0.537. The third kappa shape index (κ3) is 5.79. The van der Waals surface area contributed by atoms with Crippen molar-refractivity contribution in [3.8, 4) is 0 Å². The van der Waals surface area contributed by atoms with E-state index >= 15 is 0 Å². The maximum atomic E-state index is 10.6. The second-order valence-electron chi connectivity index (χ2n) is 2.28. The van der Waals surface area contributed by atoms with E-state index in [0.717, 1.165) is 0 Å². The number of sulfone groups is 1. The Balaban J connectivity index is 3.75. The number of nitrogens with one attached hydrogen (secondary N) is 1. The van der Waals surface area contributed by atoms with E-state index in [4.69, 9.17) is 0 Å². The van der Waals surface area contributed by atoms with Crippen LogP contribution in [0, 0.1) is 0 Å². The van der Waals surface area contributed by atoms with Gasteiger partial charge in [0.1, 0.15) is 9.84 Å². The number of hydrogen-bond acceptors (Lipinski definition) is 3. The van der Waals surface area contributed by atoms with Crippen LogP contribution in [0.4, 0.5) is 0 Å². The lowest BCUT2D eigenvalue weighted by Crippen LogP contribution is -2.29. The second-order valence-corrected chi connectivity index (χ2v) is 4.47. The molecule has 1 atom stereocenters. The van der Waals surface area contributed by atoms with Crippen molar-refractivity contribution in [3.63, 3.8) is 0 Å². The molecular formula is C5H13NO2S. The Morgan fingerprint density at radius 3 is 2.11 bits per heavy atom. The van der Waals surface area contributed by atoms with E-state index < -0.39 is 9.84 Å². The largest absolute Gasteiger partial charge is 0.316 e. The second kappa shape index (κ2) is 3.17. The fourth-order valence-corrected chi connectivity index (χ4v) is 1.61. The molecule has 0 spiro atoms. The van der Waals surface area contributed by atoms with Crippen LogP contribution in [0.2, 0.25) is 0 Å². The monoisotopic (exact) mass is 151 g/mol. The van der Waals surface area contributed by atoms with E-state index in [1.165, 1.54) is 6.26 Å². The zero-order valence-corrected chi connectivity index (χ0v) is 6.83. The molecule has 0 amide bonds. The van der Waals surface area contributed by atoms with Gasteiger partial charge in [0.25, 0.3) is 0 Å². The highest BCUT2D eigenvalue weighted by Gasteiger charge is 2.06. The van der Waals surface area contributed by atoms with E-state index in [-0.39, 0.29) is 11.8 Å². The summed E-state index contributed by atoms with van der Waals surface area (Å²) in [5.41, 5.74) is 0. The van der Waals surface area contributed by atoms with Crippen molar-refractivity contribution in [2.45, 2.75) is 13.0 Å². The molecule has 0 fully saturated rings. The van der Waals surface area contributed by atoms with Gasteiger partial charge in [-0.3, -0.25) is 0 Å². The molecule has 0 saturated carbocycles. The lowest BCUT2D eigenvalue weighted by atomic mass is 10.4. The van der Waals surface area contributed by atoms with Gasteiger partial charge in [0.2, 0.25) is 0 Å². The summed E-state index contributed by atoms with van der Waals surface area (Å²) in [5.74, 6) is 0.212. The minimum atomic E-state index is -2.80. The molecular weight excluding hydrogens is 138 g/mol. The first-order valence-electron chi connectivity index (χ1n) is 2.80. The van der Waals surface area contributed by atoms with Crippen LogP contribution in [0.1, 0.15) is 6.92 Å². The van der Waals surface area contributed by atoms with Gasteiger partial charge in [-0.15, -0.1) is 0 Å². The summed E-state index contributed by atoms with van der Waals surface area (Å²) >= 11 is 0. The highest BCUT2D eigenvalue weighted by atomic mass is 32.2. The zero-order valence-electron chi connectivity index (χ0n) is 6.01. The van der Waals surface area contributed by atoms with Crippen LogP contribution in [0.25, 0.3) is 0 Å². The van der Waals surface area contributed by atoms with Crippen molar-refractivity contribution >= 4 is 9.84 Å². The van der Waals surface area contributed by atoms with Gasteiger partial charge in [-0.25, -0.2) is 8.42 Å². The molecule has 4 heteroatoms. The summed E-state index contributed by atoms with van der Waals surface area (Å²) < 4.78 is 21.1. The van der Waals surface area contributed by atoms with Gasteiger partial charge < -0.3 is 5.32 Å². The highest BCUT2D eigenvalue weighted by molar-refractivity contribution is 7.90. The third-order valence-corrected chi connectivity index (χ3v) is 2.15. The normalized spacial score (nSPS) is 15.4. The highest BCUT2D eigenvalue weighted by Crippen LogP contribution is 1.87. The first kappa shape index (κ1) is 8.91. The summed E-state index contributed by atoms with van der Waals surface area (Å²) in [7, 11) is -1.05. The average Bonchev–Trinajstić information content (AvgIpc) is 1.62. The Hall–Kier alpha value is -0.0900. The molecule has 0 rings (SSSR count). The summed E-state index contributed by atoms with van der Waals surface area (Å²) in [6, 6.07) is 0.0556. The van der Waals surface area contributed by atoms with Crippen molar-refractivity contribution < 1.29 is 8.42 Å². The van der Waals surface area contributed by atoms with Gasteiger partial charge in [-0.05, 0) is 14.0 Å². The number of rotatable bonds is 3. The van der Waals surface area contributed by atoms with E-state index in [2.05, 4.69) is 5.32 Å². The molecule has 0 aromatic heterocycles. The van der Waals surface area contributed by atoms with Crippen LogP contribution >= 0.6 is 0 Å². The molecule has 56 valence electrons. The van der Waals surface area contributed by atoms with Crippen molar-refractivity contribution in [3.05, 3.63) is 0 Å². The van der Waals surface area contributed by atoms with E-state index in [1.54, 1.807) is 7.05 Å². The van der Waals surface area contributed by atoms with Crippen molar-refractivity contribution in [2.75, 3.05) is 19.1 Å². The van der Waals surface area contributed by atoms with Gasteiger partial charge in [0.15, 0.2) is 0 Å². The molecule has 0 saturated heterocycles. The molecule has 3 nitrogen and oxygen atoms in total. The van der Waals surface area contributed by atoms with Crippen molar-refractivity contribution in [1.82, 2.24) is 5.32 Å². The average molecular weight is 151 g/mol. The lowest BCUT2D eigenvalue weighted by molar-refractivity contribution is 0.584. The van der Waals surface area contributed by atoms with E-state index in [1.807, 2.05) is 6.92 Å². The van der Waals surface area contributed by atoms with Crippen LogP contribution in [0.15, 0.2) is 0 Å². The van der Waals surface area contributed by atoms with Gasteiger partial charge >= 0.3 is 0 Å². The van der Waals surface area contributed by atoms with Gasteiger partial charge in [-0.2, -0.15) is 0 Å². The molecule has 0 aromatic rings. The topological polar surface area (TPSA) is 46.2 Å². The Labute approximate surface area is 56.4 Å². The Morgan fingerprint density at radius 1 is 1.56 bits per heavy atom. The molecule has 1 N–H and O–H groups in total. The summed E-state index contributed by atoms with van der Waals surface area (Å²) in [6.07, 6.45) is 1.24. The Bertz CT molecular complexity index is 162. The predicted molar refractivity (Wildman–Crippen MR) is 38.2 cm³/mol. The van der Waals surface area contributed by atoms with Crippen LogP contribution in [0.5, 0.6) is 0 Å². The molecule has 0 bridgehead atoms. The number of hydrogen-bond donors (Lipinski definition) is 1. The minimum Gasteiger partial charge on any atom is -0.316 e. The SMILES string of the molecule is CN[C@H](C)CS(C)(=O)=O. The fraction of sp³-hybridized carbons (Fsp3) is 1.00. The smallest absolute Gasteiger partial charge is 0.148 e. The third-order valence-electron chi connectivity index (χ3n) is 1.05. The van der Waals surface area contributed by atoms with Crippen LogP contribution in [0.3, 0.4) is 0 Å². The summed E-state index contributed by atoms with van der Waals surface area (Å²) in [5, 5.41) is 2.84. The van der Waals surface area contributed by atoms with E-state index in [0.29, 0.717) is 0 Å².